The fourth-order valence-electron chi connectivity index (χ4n) is 1.64. The normalized spacial score (nSPS) is 11.4. The van der Waals surface area contributed by atoms with Gasteiger partial charge in [0, 0.05) is 17.6 Å². The van der Waals surface area contributed by atoms with Crippen molar-refractivity contribution in [1.29, 1.82) is 0 Å². The van der Waals surface area contributed by atoms with Crippen LogP contribution < -0.4 is 15.8 Å². The van der Waals surface area contributed by atoms with Crippen LogP contribution in [-0.4, -0.2) is 19.9 Å². The molecule has 0 amide bonds. The highest BCUT2D eigenvalue weighted by Gasteiger charge is 2.14. The summed E-state index contributed by atoms with van der Waals surface area (Å²) < 4.78 is 26.3. The first-order valence-electron chi connectivity index (χ1n) is 6.03. The van der Waals surface area contributed by atoms with Gasteiger partial charge in [0.05, 0.1) is 28.3 Å². The number of sulfonamides is 1. The van der Waals surface area contributed by atoms with E-state index in [0.29, 0.717) is 24.5 Å². The summed E-state index contributed by atoms with van der Waals surface area (Å²) in [6, 6.07) is 4.61. The molecule has 1 aromatic carbocycles. The molecular weight excluding hydrogens is 296 g/mol. The molecule has 2 rings (SSSR count). The predicted octanol–water partition coefficient (Wildman–Crippen LogP) is 1.64. The molecule has 0 radical (unpaired) electrons. The molecule has 0 saturated heterocycles. The molecule has 4 N–H and O–H groups in total. The number of benzene rings is 1. The van der Waals surface area contributed by atoms with Gasteiger partial charge in [-0.3, -0.25) is 4.98 Å². The lowest BCUT2D eigenvalue weighted by atomic mass is 10.2. The third-order valence-corrected chi connectivity index (χ3v) is 4.93. The minimum Gasteiger partial charge on any atom is -0.397 e. The molecule has 0 fully saturated rings. The lowest BCUT2D eigenvalue weighted by Gasteiger charge is -2.11. The second-order valence-electron chi connectivity index (χ2n) is 4.07. The standard InChI is InChI=1S/C12H16N4O2S2/c1-2-16-20(17,18)10-3-4-11(13)12(5-10)15-7-9-6-14-8-19-9/h3-6,8,15-16H,2,7,13H2,1H3. The molecular formula is C12H16N4O2S2. The molecule has 0 unspecified atom stereocenters. The number of thiazole rings is 1. The van der Waals surface area contributed by atoms with Gasteiger partial charge in [0.25, 0.3) is 0 Å². The Morgan fingerprint density at radius 3 is 2.85 bits per heavy atom. The minimum absolute atomic E-state index is 0.195. The average Bonchev–Trinajstić information content (AvgIpc) is 2.90. The molecule has 0 aliphatic rings. The minimum atomic E-state index is -3.48. The van der Waals surface area contributed by atoms with Gasteiger partial charge >= 0.3 is 0 Å². The molecule has 0 aliphatic carbocycles. The first kappa shape index (κ1) is 14.8. The van der Waals surface area contributed by atoms with Crippen molar-refractivity contribution in [2.24, 2.45) is 0 Å². The van der Waals surface area contributed by atoms with E-state index < -0.39 is 10.0 Å². The van der Waals surface area contributed by atoms with Crippen LogP contribution in [0.1, 0.15) is 11.8 Å². The summed E-state index contributed by atoms with van der Waals surface area (Å²) in [4.78, 5) is 5.22. The Hall–Kier alpha value is -1.64. The van der Waals surface area contributed by atoms with Crippen molar-refractivity contribution >= 4 is 32.7 Å². The molecule has 0 aliphatic heterocycles. The van der Waals surface area contributed by atoms with Gasteiger partial charge in [0.15, 0.2) is 0 Å². The number of nitrogens with two attached hydrogens (primary N) is 1. The summed E-state index contributed by atoms with van der Waals surface area (Å²) in [5, 5.41) is 3.12. The maximum Gasteiger partial charge on any atom is 0.240 e. The van der Waals surface area contributed by atoms with E-state index in [1.165, 1.54) is 23.5 Å². The van der Waals surface area contributed by atoms with Crippen LogP contribution in [0.3, 0.4) is 0 Å². The Balaban J connectivity index is 2.20. The molecule has 2 aromatic rings. The molecule has 1 heterocycles. The van der Waals surface area contributed by atoms with Crippen molar-refractivity contribution in [3.8, 4) is 0 Å². The summed E-state index contributed by atoms with van der Waals surface area (Å²) in [5.41, 5.74) is 8.70. The molecule has 108 valence electrons. The third-order valence-electron chi connectivity index (χ3n) is 2.61. The number of nitrogens with one attached hydrogen (secondary N) is 2. The molecule has 0 atom stereocenters. The van der Waals surface area contributed by atoms with Gasteiger partial charge in [0.1, 0.15) is 0 Å². The molecule has 0 bridgehead atoms. The Labute approximate surface area is 122 Å². The number of rotatable bonds is 6. The van der Waals surface area contributed by atoms with Crippen LogP contribution in [0.15, 0.2) is 34.8 Å². The van der Waals surface area contributed by atoms with Crippen LogP contribution in [0.4, 0.5) is 11.4 Å². The van der Waals surface area contributed by atoms with Gasteiger partial charge < -0.3 is 11.1 Å². The first-order chi connectivity index (χ1) is 9.53. The van der Waals surface area contributed by atoms with Crippen LogP contribution in [-0.2, 0) is 16.6 Å². The highest BCUT2D eigenvalue weighted by Crippen LogP contribution is 2.23. The Morgan fingerprint density at radius 1 is 1.40 bits per heavy atom. The van der Waals surface area contributed by atoms with Crippen molar-refractivity contribution in [1.82, 2.24) is 9.71 Å². The predicted molar refractivity (Wildman–Crippen MR) is 81.2 cm³/mol. The summed E-state index contributed by atoms with van der Waals surface area (Å²) in [5.74, 6) is 0. The van der Waals surface area contributed by atoms with Crippen molar-refractivity contribution < 1.29 is 8.42 Å². The molecule has 1 aromatic heterocycles. The van der Waals surface area contributed by atoms with E-state index in [0.717, 1.165) is 4.88 Å². The van der Waals surface area contributed by atoms with Gasteiger partial charge in [0.2, 0.25) is 10.0 Å². The number of hydrogen-bond acceptors (Lipinski definition) is 6. The number of hydrogen-bond donors (Lipinski definition) is 3. The molecule has 0 saturated carbocycles. The Kier molecular flexibility index (Phi) is 4.58. The van der Waals surface area contributed by atoms with Crippen LogP contribution in [0.25, 0.3) is 0 Å². The average molecular weight is 312 g/mol. The fraction of sp³-hybridized carbons (Fsp3) is 0.250. The van der Waals surface area contributed by atoms with E-state index in [2.05, 4.69) is 15.0 Å². The summed E-state index contributed by atoms with van der Waals surface area (Å²) in [7, 11) is -3.48. The Morgan fingerprint density at radius 2 is 2.20 bits per heavy atom. The van der Waals surface area contributed by atoms with Crippen LogP contribution in [0.2, 0.25) is 0 Å². The monoisotopic (exact) mass is 312 g/mol. The zero-order chi connectivity index (χ0) is 14.6. The lowest BCUT2D eigenvalue weighted by Crippen LogP contribution is -2.23. The second kappa shape index (κ2) is 6.21. The third kappa shape index (κ3) is 3.47. The smallest absolute Gasteiger partial charge is 0.240 e. The molecule has 6 nitrogen and oxygen atoms in total. The maximum atomic E-state index is 11.9. The first-order valence-corrected chi connectivity index (χ1v) is 8.39. The van der Waals surface area contributed by atoms with E-state index in [1.54, 1.807) is 24.7 Å². The van der Waals surface area contributed by atoms with Crippen molar-refractivity contribution in [3.63, 3.8) is 0 Å². The van der Waals surface area contributed by atoms with Crippen LogP contribution in [0, 0.1) is 0 Å². The summed E-state index contributed by atoms with van der Waals surface area (Å²) in [6.07, 6.45) is 1.76. The van der Waals surface area contributed by atoms with Crippen molar-refractivity contribution in [2.45, 2.75) is 18.4 Å². The van der Waals surface area contributed by atoms with Gasteiger partial charge in [-0.15, -0.1) is 11.3 Å². The molecule has 0 spiro atoms. The Bertz CT molecular complexity index is 669. The summed E-state index contributed by atoms with van der Waals surface area (Å²) >= 11 is 1.52. The van der Waals surface area contributed by atoms with E-state index in [4.69, 9.17) is 5.73 Å². The zero-order valence-corrected chi connectivity index (χ0v) is 12.6. The van der Waals surface area contributed by atoms with Crippen LogP contribution >= 0.6 is 11.3 Å². The van der Waals surface area contributed by atoms with Crippen molar-refractivity contribution in [3.05, 3.63) is 34.8 Å². The number of anilines is 2. The SMILES string of the molecule is CCNS(=O)(=O)c1ccc(N)c(NCc2cncs2)c1. The second-order valence-corrected chi connectivity index (χ2v) is 6.81. The number of aromatic nitrogens is 1. The van der Waals surface area contributed by atoms with E-state index in [1.807, 2.05) is 0 Å². The van der Waals surface area contributed by atoms with Gasteiger partial charge in [-0.05, 0) is 18.2 Å². The van der Waals surface area contributed by atoms with Crippen LogP contribution in [0.5, 0.6) is 0 Å². The maximum absolute atomic E-state index is 11.9. The number of nitrogens with zero attached hydrogens (tertiary/aromatic N) is 1. The zero-order valence-electron chi connectivity index (χ0n) is 11.0. The molecule has 20 heavy (non-hydrogen) atoms. The van der Waals surface area contributed by atoms with Gasteiger partial charge in [-0.2, -0.15) is 0 Å². The topological polar surface area (TPSA) is 97.1 Å². The highest BCUT2D eigenvalue weighted by atomic mass is 32.2. The quantitative estimate of drug-likeness (QED) is 0.704. The van der Waals surface area contributed by atoms with Gasteiger partial charge in [-0.1, -0.05) is 6.92 Å². The van der Waals surface area contributed by atoms with Gasteiger partial charge in [-0.25, -0.2) is 13.1 Å². The van der Waals surface area contributed by atoms with Crippen molar-refractivity contribution in [2.75, 3.05) is 17.6 Å². The largest absolute Gasteiger partial charge is 0.397 e. The highest BCUT2D eigenvalue weighted by molar-refractivity contribution is 7.89. The van der Waals surface area contributed by atoms with E-state index >= 15 is 0 Å². The number of nitrogen functional groups attached to an aromatic ring is 1. The van der Waals surface area contributed by atoms with E-state index in [9.17, 15) is 8.42 Å². The van der Waals surface area contributed by atoms with E-state index in [-0.39, 0.29) is 4.90 Å². The summed E-state index contributed by atoms with van der Waals surface area (Å²) in [6.45, 7) is 2.63. The lowest BCUT2D eigenvalue weighted by molar-refractivity contribution is 0.584. The molecule has 8 heteroatoms. The fourth-order valence-corrected chi connectivity index (χ4v) is 3.24.